The molecule has 0 radical (unpaired) electrons. The lowest BCUT2D eigenvalue weighted by atomic mass is 9.85. The molecule has 2 heteroatoms. The Bertz CT molecular complexity index is 906. The summed E-state index contributed by atoms with van der Waals surface area (Å²) in [5.41, 5.74) is 13.9. The van der Waals surface area contributed by atoms with Crippen LogP contribution in [-0.4, -0.2) is 0 Å². The lowest BCUT2D eigenvalue weighted by Gasteiger charge is -2.20. The largest absolute Gasteiger partial charge is 0.399 e. The smallest absolute Gasteiger partial charge is 0.123 e. The fraction of sp³-hybridized carbons (Fsp3) is 0.0909. The summed E-state index contributed by atoms with van der Waals surface area (Å²) in [6, 6.07) is 21.2. The van der Waals surface area contributed by atoms with Crippen LogP contribution in [0.25, 0.3) is 22.8 Å². The van der Waals surface area contributed by atoms with Crippen molar-refractivity contribution >= 4 is 17.3 Å². The van der Waals surface area contributed by atoms with E-state index in [0.29, 0.717) is 0 Å². The van der Waals surface area contributed by atoms with Crippen LogP contribution in [0, 0.1) is 5.82 Å². The molecule has 0 heterocycles. The van der Waals surface area contributed by atoms with E-state index in [1.165, 1.54) is 34.4 Å². The van der Waals surface area contributed by atoms with E-state index in [0.717, 1.165) is 29.7 Å². The zero-order valence-corrected chi connectivity index (χ0v) is 13.3. The summed E-state index contributed by atoms with van der Waals surface area (Å²) in [6.45, 7) is 0. The molecule has 3 aromatic carbocycles. The van der Waals surface area contributed by atoms with Crippen LogP contribution in [0.5, 0.6) is 0 Å². The van der Waals surface area contributed by atoms with Crippen LogP contribution in [0.15, 0.2) is 66.7 Å². The van der Waals surface area contributed by atoms with Crippen molar-refractivity contribution < 1.29 is 4.39 Å². The Labute approximate surface area is 141 Å². The predicted octanol–water partition coefficient (Wildman–Crippen LogP) is 5.56. The number of hydrogen-bond acceptors (Lipinski definition) is 1. The van der Waals surface area contributed by atoms with E-state index in [9.17, 15) is 4.39 Å². The molecule has 0 spiro atoms. The third-order valence-electron chi connectivity index (χ3n) is 4.62. The molecule has 2 N–H and O–H groups in total. The van der Waals surface area contributed by atoms with Crippen molar-refractivity contribution in [2.75, 3.05) is 5.73 Å². The lowest BCUT2D eigenvalue weighted by Crippen LogP contribution is -2.01. The Morgan fingerprint density at radius 1 is 0.750 bits per heavy atom. The number of nitrogens with two attached hydrogens (primary N) is 1. The first kappa shape index (κ1) is 14.7. The molecule has 1 nitrogen and oxygen atoms in total. The molecule has 4 rings (SSSR count). The van der Waals surface area contributed by atoms with Crippen molar-refractivity contribution in [3.8, 4) is 11.1 Å². The molecular weight excluding hydrogens is 297 g/mol. The van der Waals surface area contributed by atoms with Gasteiger partial charge >= 0.3 is 0 Å². The number of hydrogen-bond donors (Lipinski definition) is 1. The number of allylic oxidation sites excluding steroid dienone is 1. The number of nitrogen functional groups attached to an aromatic ring is 1. The highest BCUT2D eigenvalue weighted by Crippen LogP contribution is 2.36. The molecule has 118 valence electrons. The number of rotatable bonds is 2. The van der Waals surface area contributed by atoms with Gasteiger partial charge in [0.2, 0.25) is 0 Å². The SMILES string of the molecule is Nc1ccc(-c2cccc3c2C=C(c2ccc(F)cc2)CC3)cc1. The second-order valence-electron chi connectivity index (χ2n) is 6.18. The van der Waals surface area contributed by atoms with Gasteiger partial charge in [-0.3, -0.25) is 0 Å². The Morgan fingerprint density at radius 2 is 1.46 bits per heavy atom. The van der Waals surface area contributed by atoms with Crippen LogP contribution in [-0.2, 0) is 6.42 Å². The van der Waals surface area contributed by atoms with Crippen LogP contribution < -0.4 is 5.73 Å². The van der Waals surface area contributed by atoms with Gasteiger partial charge in [-0.15, -0.1) is 0 Å². The van der Waals surface area contributed by atoms with Gasteiger partial charge in [-0.25, -0.2) is 4.39 Å². The van der Waals surface area contributed by atoms with Crippen LogP contribution in [0.4, 0.5) is 10.1 Å². The van der Waals surface area contributed by atoms with E-state index in [4.69, 9.17) is 5.73 Å². The van der Waals surface area contributed by atoms with Gasteiger partial charge in [-0.1, -0.05) is 48.5 Å². The first-order chi connectivity index (χ1) is 11.7. The van der Waals surface area contributed by atoms with E-state index >= 15 is 0 Å². The molecule has 0 aliphatic heterocycles. The lowest BCUT2D eigenvalue weighted by molar-refractivity contribution is 0.627. The average molecular weight is 315 g/mol. The van der Waals surface area contributed by atoms with Crippen molar-refractivity contribution in [3.63, 3.8) is 0 Å². The van der Waals surface area contributed by atoms with Gasteiger partial charge in [-0.05, 0) is 70.5 Å². The summed E-state index contributed by atoms with van der Waals surface area (Å²) in [5, 5.41) is 0. The second-order valence-corrected chi connectivity index (χ2v) is 6.18. The van der Waals surface area contributed by atoms with Crippen LogP contribution in [0.1, 0.15) is 23.1 Å². The maximum atomic E-state index is 13.2. The number of halogens is 1. The molecule has 24 heavy (non-hydrogen) atoms. The molecule has 1 aliphatic rings. The third kappa shape index (κ3) is 2.71. The van der Waals surface area contributed by atoms with Gasteiger partial charge in [-0.2, -0.15) is 0 Å². The summed E-state index contributed by atoms with van der Waals surface area (Å²) in [5.74, 6) is -0.196. The highest BCUT2D eigenvalue weighted by molar-refractivity contribution is 5.90. The van der Waals surface area contributed by atoms with Crippen molar-refractivity contribution in [2.24, 2.45) is 0 Å². The number of anilines is 1. The predicted molar refractivity (Wildman–Crippen MR) is 98.9 cm³/mol. The molecular formula is C22H18FN. The quantitative estimate of drug-likeness (QED) is 0.615. The molecule has 0 bridgehead atoms. The Hall–Kier alpha value is -2.87. The van der Waals surface area contributed by atoms with Gasteiger partial charge in [0.1, 0.15) is 5.82 Å². The topological polar surface area (TPSA) is 26.0 Å². The second kappa shape index (κ2) is 5.97. The fourth-order valence-corrected chi connectivity index (χ4v) is 3.32. The van der Waals surface area contributed by atoms with Crippen molar-refractivity contribution in [1.29, 1.82) is 0 Å². The van der Waals surface area contributed by atoms with E-state index in [1.807, 2.05) is 24.3 Å². The summed E-state index contributed by atoms with van der Waals surface area (Å²) in [7, 11) is 0. The Kier molecular flexibility index (Phi) is 3.66. The Balaban J connectivity index is 1.82. The maximum Gasteiger partial charge on any atom is 0.123 e. The minimum Gasteiger partial charge on any atom is -0.399 e. The molecule has 0 aromatic heterocycles. The van der Waals surface area contributed by atoms with E-state index in [2.05, 4.69) is 36.4 Å². The minimum absolute atomic E-state index is 0.196. The first-order valence-corrected chi connectivity index (χ1v) is 8.15. The molecule has 0 saturated carbocycles. The number of fused-ring (bicyclic) bond motifs is 1. The highest BCUT2D eigenvalue weighted by Gasteiger charge is 2.15. The van der Waals surface area contributed by atoms with Gasteiger partial charge < -0.3 is 5.73 Å². The van der Waals surface area contributed by atoms with Crippen LogP contribution in [0.2, 0.25) is 0 Å². The first-order valence-electron chi connectivity index (χ1n) is 8.15. The van der Waals surface area contributed by atoms with Crippen LogP contribution in [0.3, 0.4) is 0 Å². The summed E-state index contributed by atoms with van der Waals surface area (Å²) in [6.07, 6.45) is 4.23. The molecule has 0 saturated heterocycles. The third-order valence-corrected chi connectivity index (χ3v) is 4.62. The molecule has 0 amide bonds. The van der Waals surface area contributed by atoms with Crippen molar-refractivity contribution in [3.05, 3.63) is 89.2 Å². The number of aryl methyl sites for hydroxylation is 1. The summed E-state index contributed by atoms with van der Waals surface area (Å²) in [4.78, 5) is 0. The molecule has 0 fully saturated rings. The Morgan fingerprint density at radius 3 is 2.21 bits per heavy atom. The zero-order valence-electron chi connectivity index (χ0n) is 13.3. The van der Waals surface area contributed by atoms with Gasteiger partial charge in [0.25, 0.3) is 0 Å². The average Bonchev–Trinajstić information content (AvgIpc) is 2.62. The molecule has 3 aromatic rings. The fourth-order valence-electron chi connectivity index (χ4n) is 3.32. The standard InChI is InChI=1S/C22H18FN/c23-19-10-6-15(7-11-19)18-5-4-16-2-1-3-21(22(16)14-18)17-8-12-20(24)13-9-17/h1-3,6-14H,4-5,24H2. The van der Waals surface area contributed by atoms with Crippen LogP contribution >= 0.6 is 0 Å². The monoisotopic (exact) mass is 315 g/mol. The maximum absolute atomic E-state index is 13.2. The number of benzene rings is 3. The van der Waals surface area contributed by atoms with Crippen molar-refractivity contribution in [1.82, 2.24) is 0 Å². The molecule has 1 aliphatic carbocycles. The van der Waals surface area contributed by atoms with E-state index in [1.54, 1.807) is 0 Å². The van der Waals surface area contributed by atoms with E-state index in [-0.39, 0.29) is 5.82 Å². The zero-order chi connectivity index (χ0) is 16.5. The van der Waals surface area contributed by atoms with Crippen molar-refractivity contribution in [2.45, 2.75) is 12.8 Å². The van der Waals surface area contributed by atoms with Gasteiger partial charge in [0, 0.05) is 5.69 Å². The van der Waals surface area contributed by atoms with Gasteiger partial charge in [0.15, 0.2) is 0 Å². The van der Waals surface area contributed by atoms with Gasteiger partial charge in [0.05, 0.1) is 0 Å². The summed E-state index contributed by atoms with van der Waals surface area (Å²) >= 11 is 0. The minimum atomic E-state index is -0.196. The molecule has 0 unspecified atom stereocenters. The highest BCUT2D eigenvalue weighted by atomic mass is 19.1. The normalized spacial score (nSPS) is 13.3. The van der Waals surface area contributed by atoms with E-state index < -0.39 is 0 Å². The summed E-state index contributed by atoms with van der Waals surface area (Å²) < 4.78 is 13.2. The molecule has 0 atom stereocenters.